The molecule has 0 radical (unpaired) electrons. The van der Waals surface area contributed by atoms with E-state index in [0.717, 1.165) is 4.47 Å². The van der Waals surface area contributed by atoms with Crippen LogP contribution in [0.2, 0.25) is 0 Å². The summed E-state index contributed by atoms with van der Waals surface area (Å²) in [5, 5.41) is 8.63. The first-order chi connectivity index (χ1) is 7.75. The number of aromatic nitrogens is 1. The second kappa shape index (κ2) is 4.80. The van der Waals surface area contributed by atoms with Crippen LogP contribution in [0.3, 0.4) is 0 Å². The zero-order chi connectivity index (χ0) is 11.4. The molecule has 0 bridgehead atoms. The van der Waals surface area contributed by atoms with Gasteiger partial charge in [-0.2, -0.15) is 0 Å². The topological polar surface area (TPSA) is 67.2 Å². The van der Waals surface area contributed by atoms with Crippen LogP contribution in [0, 0.1) is 0 Å². The largest absolute Gasteiger partial charge is 0.338 e. The van der Waals surface area contributed by atoms with E-state index < -0.39 is 0 Å². The SMILES string of the molecule is O=C(Nc1ccno1)Nc1ccccc1Br. The minimum Gasteiger partial charge on any atom is -0.338 e. The Morgan fingerprint density at radius 3 is 2.75 bits per heavy atom. The maximum absolute atomic E-state index is 11.5. The summed E-state index contributed by atoms with van der Waals surface area (Å²) in [5.41, 5.74) is 0.680. The van der Waals surface area contributed by atoms with E-state index >= 15 is 0 Å². The molecule has 1 aromatic carbocycles. The van der Waals surface area contributed by atoms with E-state index in [1.54, 1.807) is 12.1 Å². The van der Waals surface area contributed by atoms with Crippen LogP contribution >= 0.6 is 15.9 Å². The first kappa shape index (κ1) is 10.7. The molecule has 0 saturated carbocycles. The highest BCUT2D eigenvalue weighted by Crippen LogP contribution is 2.21. The number of hydrogen-bond donors (Lipinski definition) is 2. The van der Waals surface area contributed by atoms with Gasteiger partial charge in [0.2, 0.25) is 5.88 Å². The third-order valence-electron chi connectivity index (χ3n) is 1.80. The summed E-state index contributed by atoms with van der Waals surface area (Å²) < 4.78 is 5.55. The van der Waals surface area contributed by atoms with Gasteiger partial charge < -0.3 is 9.84 Å². The number of carbonyl (C=O) groups is 1. The molecule has 0 unspecified atom stereocenters. The molecule has 2 aromatic rings. The Kier molecular flexibility index (Phi) is 3.21. The Balaban J connectivity index is 2.00. The number of hydrogen-bond acceptors (Lipinski definition) is 3. The summed E-state index contributed by atoms with van der Waals surface area (Å²) in [7, 11) is 0. The van der Waals surface area contributed by atoms with Crippen molar-refractivity contribution in [2.45, 2.75) is 0 Å². The molecule has 0 saturated heterocycles. The fourth-order valence-corrected chi connectivity index (χ4v) is 1.49. The van der Waals surface area contributed by atoms with Crippen molar-refractivity contribution in [3.63, 3.8) is 0 Å². The lowest BCUT2D eigenvalue weighted by molar-refractivity contribution is 0.261. The summed E-state index contributed by atoms with van der Waals surface area (Å²) in [6.07, 6.45) is 1.45. The van der Waals surface area contributed by atoms with Crippen LogP contribution in [0.1, 0.15) is 0 Å². The second-order valence-electron chi connectivity index (χ2n) is 2.94. The maximum atomic E-state index is 11.5. The van der Waals surface area contributed by atoms with Crippen LogP contribution in [0.15, 0.2) is 45.5 Å². The van der Waals surface area contributed by atoms with Crippen molar-refractivity contribution >= 4 is 33.5 Å². The molecule has 2 N–H and O–H groups in total. The van der Waals surface area contributed by atoms with Gasteiger partial charge in [0.25, 0.3) is 0 Å². The van der Waals surface area contributed by atoms with Crippen molar-refractivity contribution in [1.82, 2.24) is 5.16 Å². The molecular formula is C10H8BrN3O2. The van der Waals surface area contributed by atoms with E-state index in [0.29, 0.717) is 11.6 Å². The van der Waals surface area contributed by atoms with Crippen molar-refractivity contribution in [2.75, 3.05) is 10.6 Å². The van der Waals surface area contributed by atoms with Crippen LogP contribution in [0.25, 0.3) is 0 Å². The normalized spacial score (nSPS) is 9.81. The Hall–Kier alpha value is -1.82. The molecule has 16 heavy (non-hydrogen) atoms. The number of nitrogens with one attached hydrogen (secondary N) is 2. The average Bonchev–Trinajstić information content (AvgIpc) is 2.74. The number of rotatable bonds is 2. The minimum absolute atomic E-state index is 0.296. The molecule has 0 fully saturated rings. The number of para-hydroxylation sites is 1. The number of nitrogens with zero attached hydrogens (tertiary/aromatic N) is 1. The molecule has 2 rings (SSSR count). The summed E-state index contributed by atoms with van der Waals surface area (Å²) in [6, 6.07) is 8.48. The minimum atomic E-state index is -0.386. The highest BCUT2D eigenvalue weighted by molar-refractivity contribution is 9.10. The van der Waals surface area contributed by atoms with E-state index in [-0.39, 0.29) is 6.03 Å². The molecule has 5 nitrogen and oxygen atoms in total. The number of benzene rings is 1. The lowest BCUT2D eigenvalue weighted by atomic mass is 10.3. The van der Waals surface area contributed by atoms with Crippen molar-refractivity contribution in [1.29, 1.82) is 0 Å². The summed E-state index contributed by atoms with van der Waals surface area (Å²) >= 11 is 3.32. The van der Waals surface area contributed by atoms with Crippen LogP contribution in [-0.2, 0) is 0 Å². The van der Waals surface area contributed by atoms with Crippen LogP contribution in [0.5, 0.6) is 0 Å². The van der Waals surface area contributed by atoms with Gasteiger partial charge in [0.15, 0.2) is 0 Å². The summed E-state index contributed by atoms with van der Waals surface area (Å²) in [4.78, 5) is 11.5. The Bertz CT molecular complexity index is 485. The van der Waals surface area contributed by atoms with Gasteiger partial charge in [-0.1, -0.05) is 17.3 Å². The number of amides is 2. The fraction of sp³-hybridized carbons (Fsp3) is 0. The molecule has 0 atom stereocenters. The molecular weight excluding hydrogens is 274 g/mol. The zero-order valence-corrected chi connectivity index (χ0v) is 9.69. The third-order valence-corrected chi connectivity index (χ3v) is 2.49. The Morgan fingerprint density at radius 1 is 1.25 bits per heavy atom. The quantitative estimate of drug-likeness (QED) is 0.889. The molecule has 0 aliphatic rings. The molecule has 0 spiro atoms. The second-order valence-corrected chi connectivity index (χ2v) is 3.79. The lowest BCUT2D eigenvalue weighted by Crippen LogP contribution is -2.19. The van der Waals surface area contributed by atoms with Crippen LogP contribution in [0.4, 0.5) is 16.4 Å². The molecule has 6 heteroatoms. The van der Waals surface area contributed by atoms with Crippen molar-refractivity contribution < 1.29 is 9.32 Å². The molecule has 82 valence electrons. The van der Waals surface area contributed by atoms with Gasteiger partial charge in [-0.05, 0) is 28.1 Å². The van der Waals surface area contributed by atoms with Gasteiger partial charge in [-0.15, -0.1) is 0 Å². The Labute approximate surface area is 99.9 Å². The standard InChI is InChI=1S/C10H8BrN3O2/c11-7-3-1-2-4-8(7)13-10(15)14-9-5-6-12-16-9/h1-6H,(H2,13,14,15). The predicted octanol–water partition coefficient (Wildman–Crippen LogP) is 3.08. The molecule has 1 aromatic heterocycles. The molecule has 2 amide bonds. The van der Waals surface area contributed by atoms with Crippen molar-refractivity contribution in [3.05, 3.63) is 41.0 Å². The summed E-state index contributed by atoms with van der Waals surface area (Å²) in [5.74, 6) is 0.296. The molecule has 0 aliphatic carbocycles. The van der Waals surface area contributed by atoms with Crippen molar-refractivity contribution in [2.24, 2.45) is 0 Å². The summed E-state index contributed by atoms with van der Waals surface area (Å²) in [6.45, 7) is 0. The number of urea groups is 1. The van der Waals surface area contributed by atoms with E-state index in [9.17, 15) is 4.79 Å². The van der Waals surface area contributed by atoms with E-state index in [1.807, 2.05) is 18.2 Å². The number of halogens is 1. The number of carbonyl (C=O) groups excluding carboxylic acids is 1. The van der Waals surface area contributed by atoms with E-state index in [2.05, 4.69) is 31.7 Å². The maximum Gasteiger partial charge on any atom is 0.326 e. The van der Waals surface area contributed by atoms with E-state index in [4.69, 9.17) is 4.52 Å². The number of anilines is 2. The van der Waals surface area contributed by atoms with Gasteiger partial charge in [0.1, 0.15) is 0 Å². The van der Waals surface area contributed by atoms with Crippen molar-refractivity contribution in [3.8, 4) is 0 Å². The van der Waals surface area contributed by atoms with Crippen LogP contribution < -0.4 is 10.6 Å². The highest BCUT2D eigenvalue weighted by atomic mass is 79.9. The molecule has 1 heterocycles. The predicted molar refractivity (Wildman–Crippen MR) is 63.3 cm³/mol. The zero-order valence-electron chi connectivity index (χ0n) is 8.11. The Morgan fingerprint density at radius 2 is 2.06 bits per heavy atom. The van der Waals surface area contributed by atoms with E-state index in [1.165, 1.54) is 6.20 Å². The smallest absolute Gasteiger partial charge is 0.326 e. The van der Waals surface area contributed by atoms with Gasteiger partial charge in [0, 0.05) is 10.5 Å². The third kappa shape index (κ3) is 2.60. The lowest BCUT2D eigenvalue weighted by Gasteiger charge is -2.06. The highest BCUT2D eigenvalue weighted by Gasteiger charge is 2.06. The van der Waals surface area contributed by atoms with Gasteiger partial charge in [-0.3, -0.25) is 5.32 Å². The van der Waals surface area contributed by atoms with Gasteiger partial charge in [-0.25, -0.2) is 4.79 Å². The fourth-order valence-electron chi connectivity index (χ4n) is 1.11. The molecule has 0 aliphatic heterocycles. The van der Waals surface area contributed by atoms with Crippen LogP contribution in [-0.4, -0.2) is 11.2 Å². The monoisotopic (exact) mass is 281 g/mol. The van der Waals surface area contributed by atoms with Gasteiger partial charge in [0.05, 0.1) is 11.9 Å². The van der Waals surface area contributed by atoms with Gasteiger partial charge >= 0.3 is 6.03 Å². The average molecular weight is 282 g/mol. The first-order valence-electron chi connectivity index (χ1n) is 4.49. The first-order valence-corrected chi connectivity index (χ1v) is 5.28.